The summed E-state index contributed by atoms with van der Waals surface area (Å²) < 4.78 is 0. The number of carbonyl (C=O) groups is 1. The minimum absolute atomic E-state index is 0.130. The standard InChI is InChI=1S/C11H9Cl2NO/c12-8-2-1-6(3-9(8)13)11-4-7(11)5-14-10(11)15/h1-3,7H,4-5H2,(H,14,15). The molecule has 2 aliphatic rings. The van der Waals surface area contributed by atoms with Crippen molar-refractivity contribution in [2.24, 2.45) is 5.92 Å². The number of halogens is 2. The fraction of sp³-hybridized carbons (Fsp3) is 0.364. The van der Waals surface area contributed by atoms with Gasteiger partial charge in [0.2, 0.25) is 5.91 Å². The summed E-state index contributed by atoms with van der Waals surface area (Å²) in [6, 6.07) is 5.48. The van der Waals surface area contributed by atoms with Crippen molar-refractivity contribution in [1.82, 2.24) is 5.32 Å². The molecule has 1 aromatic rings. The second kappa shape index (κ2) is 2.89. The lowest BCUT2D eigenvalue weighted by atomic mass is 9.94. The molecule has 2 atom stereocenters. The number of carbonyl (C=O) groups excluding carboxylic acids is 1. The Bertz CT molecular complexity index is 460. The van der Waals surface area contributed by atoms with Crippen LogP contribution in [0, 0.1) is 5.92 Å². The van der Waals surface area contributed by atoms with Gasteiger partial charge in [-0.05, 0) is 30.0 Å². The van der Waals surface area contributed by atoms with Crippen LogP contribution in [0.3, 0.4) is 0 Å². The smallest absolute Gasteiger partial charge is 0.231 e. The fourth-order valence-electron chi connectivity index (χ4n) is 2.49. The van der Waals surface area contributed by atoms with Crippen LogP contribution in [0.1, 0.15) is 12.0 Å². The van der Waals surface area contributed by atoms with E-state index in [1.807, 2.05) is 12.1 Å². The van der Waals surface area contributed by atoms with Crippen molar-refractivity contribution in [2.45, 2.75) is 11.8 Å². The second-order valence-electron chi connectivity index (χ2n) is 4.21. The molecular formula is C11H9Cl2NO. The van der Waals surface area contributed by atoms with Crippen LogP contribution in [-0.2, 0) is 10.2 Å². The summed E-state index contributed by atoms with van der Waals surface area (Å²) in [5, 5.41) is 3.93. The molecule has 15 heavy (non-hydrogen) atoms. The van der Waals surface area contributed by atoms with Gasteiger partial charge in [-0.2, -0.15) is 0 Å². The van der Waals surface area contributed by atoms with Gasteiger partial charge in [0.15, 0.2) is 0 Å². The summed E-state index contributed by atoms with van der Waals surface area (Å²) in [6.45, 7) is 0.791. The minimum Gasteiger partial charge on any atom is -0.355 e. The van der Waals surface area contributed by atoms with Gasteiger partial charge >= 0.3 is 0 Å². The Morgan fingerprint density at radius 3 is 2.67 bits per heavy atom. The zero-order valence-electron chi connectivity index (χ0n) is 7.89. The first-order valence-electron chi connectivity index (χ1n) is 4.88. The molecule has 0 radical (unpaired) electrons. The molecule has 1 saturated carbocycles. The van der Waals surface area contributed by atoms with Gasteiger partial charge in [-0.15, -0.1) is 0 Å². The Kier molecular flexibility index (Phi) is 1.83. The normalized spacial score (nSPS) is 32.4. The zero-order chi connectivity index (χ0) is 10.6. The van der Waals surface area contributed by atoms with Crippen molar-refractivity contribution < 1.29 is 4.79 Å². The number of hydrogen-bond acceptors (Lipinski definition) is 1. The predicted octanol–water partition coefficient (Wildman–Crippen LogP) is 2.38. The molecular weight excluding hydrogens is 233 g/mol. The van der Waals surface area contributed by atoms with Gasteiger partial charge in [-0.25, -0.2) is 0 Å². The van der Waals surface area contributed by atoms with Crippen LogP contribution in [0.5, 0.6) is 0 Å². The second-order valence-corrected chi connectivity index (χ2v) is 5.03. The SMILES string of the molecule is O=C1NCC2CC12c1ccc(Cl)c(Cl)c1. The topological polar surface area (TPSA) is 29.1 Å². The molecule has 4 heteroatoms. The van der Waals surface area contributed by atoms with Crippen LogP contribution in [0.2, 0.25) is 10.0 Å². The lowest BCUT2D eigenvalue weighted by Crippen LogP contribution is -2.27. The summed E-state index contributed by atoms with van der Waals surface area (Å²) in [6.07, 6.45) is 0.941. The molecule has 3 rings (SSSR count). The number of amides is 1. The third kappa shape index (κ3) is 1.15. The van der Waals surface area contributed by atoms with Crippen molar-refractivity contribution in [3.63, 3.8) is 0 Å². The van der Waals surface area contributed by atoms with Crippen molar-refractivity contribution in [1.29, 1.82) is 0 Å². The first-order valence-corrected chi connectivity index (χ1v) is 5.64. The molecule has 1 aliphatic carbocycles. The van der Waals surface area contributed by atoms with E-state index < -0.39 is 0 Å². The van der Waals surface area contributed by atoms with Gasteiger partial charge in [0.25, 0.3) is 0 Å². The van der Waals surface area contributed by atoms with E-state index in [0.717, 1.165) is 18.5 Å². The Balaban J connectivity index is 2.07. The van der Waals surface area contributed by atoms with E-state index in [1.54, 1.807) is 6.07 Å². The lowest BCUT2D eigenvalue weighted by Gasteiger charge is -2.11. The monoisotopic (exact) mass is 241 g/mol. The number of piperidine rings is 1. The summed E-state index contributed by atoms with van der Waals surface area (Å²) in [5.74, 6) is 0.577. The lowest BCUT2D eigenvalue weighted by molar-refractivity contribution is -0.122. The largest absolute Gasteiger partial charge is 0.355 e. The van der Waals surface area contributed by atoms with Gasteiger partial charge in [0, 0.05) is 6.54 Å². The first kappa shape index (κ1) is 9.49. The van der Waals surface area contributed by atoms with E-state index in [-0.39, 0.29) is 11.3 Å². The summed E-state index contributed by atoms with van der Waals surface area (Å²) in [5.41, 5.74) is 0.700. The Morgan fingerprint density at radius 1 is 1.33 bits per heavy atom. The highest BCUT2D eigenvalue weighted by atomic mass is 35.5. The number of hydrogen-bond donors (Lipinski definition) is 1. The van der Waals surface area contributed by atoms with Gasteiger partial charge in [0.1, 0.15) is 0 Å². The average molecular weight is 242 g/mol. The number of nitrogens with one attached hydrogen (secondary N) is 1. The van der Waals surface area contributed by atoms with E-state index in [9.17, 15) is 4.79 Å². The molecule has 0 bridgehead atoms. The highest BCUT2D eigenvalue weighted by Crippen LogP contribution is 2.57. The van der Waals surface area contributed by atoms with Crippen molar-refractivity contribution >= 4 is 29.1 Å². The molecule has 2 fully saturated rings. The summed E-state index contributed by atoms with van der Waals surface area (Å²) in [7, 11) is 0. The molecule has 1 saturated heterocycles. The molecule has 1 N–H and O–H groups in total. The highest BCUT2D eigenvalue weighted by molar-refractivity contribution is 6.42. The van der Waals surface area contributed by atoms with Crippen LogP contribution in [0.25, 0.3) is 0 Å². The molecule has 2 unspecified atom stereocenters. The molecule has 78 valence electrons. The summed E-state index contributed by atoms with van der Waals surface area (Å²) in [4.78, 5) is 11.7. The Hall–Kier alpha value is -0.730. The number of benzene rings is 1. The fourth-order valence-corrected chi connectivity index (χ4v) is 2.78. The highest BCUT2D eigenvalue weighted by Gasteiger charge is 2.64. The van der Waals surface area contributed by atoms with Gasteiger partial charge in [0.05, 0.1) is 15.5 Å². The van der Waals surface area contributed by atoms with Gasteiger partial charge in [-0.3, -0.25) is 4.79 Å². The maximum Gasteiger partial charge on any atom is 0.231 e. The van der Waals surface area contributed by atoms with Crippen LogP contribution in [0.4, 0.5) is 0 Å². The van der Waals surface area contributed by atoms with Crippen LogP contribution >= 0.6 is 23.2 Å². The van der Waals surface area contributed by atoms with Crippen molar-refractivity contribution in [3.8, 4) is 0 Å². The first-order chi connectivity index (χ1) is 7.14. The van der Waals surface area contributed by atoms with E-state index in [2.05, 4.69) is 5.32 Å². The van der Waals surface area contributed by atoms with Crippen LogP contribution in [0.15, 0.2) is 18.2 Å². The third-order valence-corrected chi connectivity index (χ3v) is 4.19. The quantitative estimate of drug-likeness (QED) is 0.804. The minimum atomic E-state index is -0.297. The van der Waals surface area contributed by atoms with E-state index >= 15 is 0 Å². The van der Waals surface area contributed by atoms with E-state index in [4.69, 9.17) is 23.2 Å². The molecule has 1 heterocycles. The molecule has 2 nitrogen and oxygen atoms in total. The van der Waals surface area contributed by atoms with Crippen molar-refractivity contribution in [2.75, 3.05) is 6.54 Å². The van der Waals surface area contributed by atoms with E-state index in [0.29, 0.717) is 16.0 Å². The number of fused-ring (bicyclic) bond motifs is 1. The molecule has 0 aromatic heterocycles. The predicted molar refractivity (Wildman–Crippen MR) is 59.3 cm³/mol. The molecule has 0 spiro atoms. The Morgan fingerprint density at radius 2 is 2.13 bits per heavy atom. The van der Waals surface area contributed by atoms with Gasteiger partial charge in [-0.1, -0.05) is 29.3 Å². The Labute approximate surface area is 97.6 Å². The third-order valence-electron chi connectivity index (χ3n) is 3.45. The number of rotatable bonds is 1. The van der Waals surface area contributed by atoms with Crippen molar-refractivity contribution in [3.05, 3.63) is 33.8 Å². The van der Waals surface area contributed by atoms with E-state index in [1.165, 1.54) is 0 Å². The van der Waals surface area contributed by atoms with Gasteiger partial charge < -0.3 is 5.32 Å². The van der Waals surface area contributed by atoms with Crippen LogP contribution < -0.4 is 5.32 Å². The molecule has 1 amide bonds. The maximum atomic E-state index is 11.7. The average Bonchev–Trinajstić information content (AvgIpc) is 2.87. The molecule has 1 aliphatic heterocycles. The molecule has 1 aromatic carbocycles. The summed E-state index contributed by atoms with van der Waals surface area (Å²) >= 11 is 11.8. The van der Waals surface area contributed by atoms with Crippen LogP contribution in [-0.4, -0.2) is 12.5 Å². The maximum absolute atomic E-state index is 11.7. The zero-order valence-corrected chi connectivity index (χ0v) is 9.40.